The molecule has 1 aromatic carbocycles. The van der Waals surface area contributed by atoms with Crippen LogP contribution in [-0.2, 0) is 15.0 Å². The minimum Gasteiger partial charge on any atom is -0.459 e. The van der Waals surface area contributed by atoms with E-state index in [0.717, 1.165) is 6.07 Å². The zero-order chi connectivity index (χ0) is 16.8. The number of alkyl halides is 2. The molecule has 0 aromatic heterocycles. The number of nitrogen functional groups attached to an aromatic ring is 1. The molecule has 5 atom stereocenters. The lowest BCUT2D eigenvalue weighted by molar-refractivity contribution is 0.0115. The highest BCUT2D eigenvalue weighted by molar-refractivity contribution is 5.73. The Bertz CT molecular complexity index is 642. The van der Waals surface area contributed by atoms with Crippen LogP contribution in [0.2, 0.25) is 0 Å². The number of nitrogens with zero attached hydrogens (tertiary/aromatic N) is 1. The van der Waals surface area contributed by atoms with E-state index in [1.807, 2.05) is 0 Å². The normalized spacial score (nSPS) is 36.3. The fourth-order valence-corrected chi connectivity index (χ4v) is 3.56. The summed E-state index contributed by atoms with van der Waals surface area (Å²) in [6.07, 6.45) is -2.21. The fourth-order valence-electron chi connectivity index (χ4n) is 3.56. The van der Waals surface area contributed by atoms with Crippen LogP contribution in [0.5, 0.6) is 0 Å². The second kappa shape index (κ2) is 5.59. The number of anilines is 1. The number of hydrogen-bond donors (Lipinski definition) is 2. The summed E-state index contributed by atoms with van der Waals surface area (Å²) in [6, 6.07) is 3.50. The minimum atomic E-state index is -1.73. The molecule has 1 aromatic rings. The van der Waals surface area contributed by atoms with Gasteiger partial charge in [0.25, 0.3) is 6.02 Å². The van der Waals surface area contributed by atoms with E-state index >= 15 is 0 Å². The molecule has 0 amide bonds. The monoisotopic (exact) mass is 329 g/mol. The maximum absolute atomic E-state index is 14.4. The third-order valence-electron chi connectivity index (χ3n) is 4.54. The van der Waals surface area contributed by atoms with E-state index in [2.05, 4.69) is 4.99 Å². The first-order chi connectivity index (χ1) is 10.9. The van der Waals surface area contributed by atoms with E-state index in [-0.39, 0.29) is 17.3 Å². The molecule has 0 spiro atoms. The van der Waals surface area contributed by atoms with Crippen molar-refractivity contribution < 1.29 is 22.6 Å². The van der Waals surface area contributed by atoms with E-state index in [1.54, 1.807) is 6.92 Å². The van der Waals surface area contributed by atoms with Crippen molar-refractivity contribution in [1.29, 1.82) is 0 Å². The average Bonchev–Trinajstić information content (AvgIpc) is 2.85. The van der Waals surface area contributed by atoms with Gasteiger partial charge >= 0.3 is 0 Å². The average molecular weight is 329 g/mol. The summed E-state index contributed by atoms with van der Waals surface area (Å²) in [4.78, 5) is 4.03. The third kappa shape index (κ3) is 2.32. The number of ether oxygens (including phenoxy) is 2. The molecule has 1 saturated heterocycles. The van der Waals surface area contributed by atoms with Gasteiger partial charge in [0.2, 0.25) is 0 Å². The quantitative estimate of drug-likeness (QED) is 0.826. The van der Waals surface area contributed by atoms with Crippen molar-refractivity contribution in [1.82, 2.24) is 0 Å². The lowest BCUT2D eigenvalue weighted by atomic mass is 9.73. The van der Waals surface area contributed by atoms with E-state index in [9.17, 15) is 13.2 Å². The molecule has 0 bridgehead atoms. The first-order valence-electron chi connectivity index (χ1n) is 7.28. The van der Waals surface area contributed by atoms with Crippen molar-refractivity contribution in [2.45, 2.75) is 30.8 Å². The number of hydrogen-bond acceptors (Lipinski definition) is 5. The second-order valence-electron chi connectivity index (χ2n) is 5.89. The van der Waals surface area contributed by atoms with E-state index in [0.29, 0.717) is 0 Å². The van der Waals surface area contributed by atoms with Gasteiger partial charge in [0.05, 0.1) is 18.1 Å². The minimum absolute atomic E-state index is 0.0719. The maximum Gasteiger partial charge on any atom is 0.283 e. The van der Waals surface area contributed by atoms with Crippen LogP contribution in [-0.4, -0.2) is 37.7 Å². The van der Waals surface area contributed by atoms with Gasteiger partial charge in [-0.3, -0.25) is 0 Å². The van der Waals surface area contributed by atoms with Crippen LogP contribution >= 0.6 is 0 Å². The number of fused-ring (bicyclic) bond motifs is 1. The summed E-state index contributed by atoms with van der Waals surface area (Å²) in [7, 11) is 0. The zero-order valence-electron chi connectivity index (χ0n) is 12.5. The van der Waals surface area contributed by atoms with Gasteiger partial charge in [0.15, 0.2) is 0 Å². The molecule has 1 fully saturated rings. The number of benzene rings is 1. The fraction of sp³-hybridized carbons (Fsp3) is 0.533. The van der Waals surface area contributed by atoms with Crippen molar-refractivity contribution in [2.75, 3.05) is 19.1 Å². The highest BCUT2D eigenvalue weighted by Gasteiger charge is 2.59. The zero-order valence-corrected chi connectivity index (χ0v) is 12.5. The van der Waals surface area contributed by atoms with Crippen LogP contribution < -0.4 is 11.5 Å². The Morgan fingerprint density at radius 1 is 1.30 bits per heavy atom. The molecule has 2 heterocycles. The number of rotatable bonds is 3. The number of nitrogens with two attached hydrogens (primary N) is 2. The highest BCUT2D eigenvalue weighted by atomic mass is 19.1. The maximum atomic E-state index is 14.4. The predicted molar refractivity (Wildman–Crippen MR) is 78.8 cm³/mol. The van der Waals surface area contributed by atoms with Crippen LogP contribution in [0.25, 0.3) is 0 Å². The Morgan fingerprint density at radius 2 is 2.04 bits per heavy atom. The van der Waals surface area contributed by atoms with E-state index in [4.69, 9.17) is 20.9 Å². The predicted octanol–water partition coefficient (Wildman–Crippen LogP) is 1.66. The van der Waals surface area contributed by atoms with Gasteiger partial charge in [0.1, 0.15) is 30.8 Å². The molecule has 126 valence electrons. The smallest absolute Gasteiger partial charge is 0.283 e. The molecule has 3 rings (SSSR count). The van der Waals surface area contributed by atoms with Crippen molar-refractivity contribution in [3.8, 4) is 0 Å². The van der Waals surface area contributed by atoms with Crippen molar-refractivity contribution in [3.05, 3.63) is 29.6 Å². The molecule has 4 N–H and O–H groups in total. The van der Waals surface area contributed by atoms with Crippen LogP contribution in [0.15, 0.2) is 23.2 Å². The lowest BCUT2D eigenvalue weighted by Crippen LogP contribution is -2.53. The third-order valence-corrected chi connectivity index (χ3v) is 4.54. The van der Waals surface area contributed by atoms with Crippen LogP contribution in [0.4, 0.5) is 18.9 Å². The topological polar surface area (TPSA) is 82.9 Å². The van der Waals surface area contributed by atoms with Crippen molar-refractivity contribution in [3.63, 3.8) is 0 Å². The Labute approximate surface area is 131 Å². The van der Waals surface area contributed by atoms with Crippen molar-refractivity contribution >= 4 is 11.7 Å². The Morgan fingerprint density at radius 3 is 2.70 bits per heavy atom. The van der Waals surface area contributed by atoms with Gasteiger partial charge in [0, 0.05) is 11.3 Å². The molecule has 23 heavy (non-hydrogen) atoms. The standard InChI is InChI=1S/C15H18F3N3O2/c1-7-13-12(11(5-16)22-7)15(6-17,21-14(20)23-13)9-4-8(19)2-3-10(9)18/h2-4,7,11-13H,5-6,19H2,1H3,(H2,20,21)/t7-,11+,12+,13-,15-/m1/s1. The molecular weight excluding hydrogens is 311 g/mol. The van der Waals surface area contributed by atoms with Gasteiger partial charge in [-0.05, 0) is 25.1 Å². The molecule has 0 aliphatic carbocycles. The van der Waals surface area contributed by atoms with Gasteiger partial charge in [-0.2, -0.15) is 0 Å². The SMILES string of the molecule is C[C@H]1O[C@@H](CF)[C@H]2[C@@H]1OC(N)=N[C@]2(CF)c1cc(N)ccc1F. The first-order valence-corrected chi connectivity index (χ1v) is 7.28. The molecule has 0 unspecified atom stereocenters. The first kappa shape index (κ1) is 15.9. The second-order valence-corrected chi connectivity index (χ2v) is 5.89. The number of halogens is 3. The van der Waals surface area contributed by atoms with Crippen LogP contribution in [0.1, 0.15) is 12.5 Å². The summed E-state index contributed by atoms with van der Waals surface area (Å²) in [5, 5.41) is 0. The largest absolute Gasteiger partial charge is 0.459 e. The summed E-state index contributed by atoms with van der Waals surface area (Å²) < 4.78 is 52.9. The van der Waals surface area contributed by atoms with E-state index < -0.39 is 48.9 Å². The van der Waals surface area contributed by atoms with Crippen molar-refractivity contribution in [2.24, 2.45) is 16.6 Å². The van der Waals surface area contributed by atoms with E-state index in [1.165, 1.54) is 12.1 Å². The molecule has 0 saturated carbocycles. The summed E-state index contributed by atoms with van der Waals surface area (Å²) in [5.41, 5.74) is 9.83. The number of aliphatic imine (C=N–C) groups is 1. The molecule has 2 aliphatic rings. The molecule has 8 heteroatoms. The molecule has 2 aliphatic heterocycles. The molecule has 0 radical (unpaired) electrons. The Kier molecular flexibility index (Phi) is 3.87. The molecular formula is C15H18F3N3O2. The van der Waals surface area contributed by atoms with Gasteiger partial charge < -0.3 is 20.9 Å². The Hall–Kier alpha value is -1.96. The lowest BCUT2D eigenvalue weighted by Gasteiger charge is -2.41. The van der Waals surface area contributed by atoms with Gasteiger partial charge in [-0.15, -0.1) is 0 Å². The molecule has 5 nitrogen and oxygen atoms in total. The van der Waals surface area contributed by atoms with Crippen LogP contribution in [0.3, 0.4) is 0 Å². The van der Waals surface area contributed by atoms with Crippen LogP contribution in [0, 0.1) is 11.7 Å². The summed E-state index contributed by atoms with van der Waals surface area (Å²) in [5.74, 6) is -1.54. The number of amidine groups is 1. The van der Waals surface area contributed by atoms with Gasteiger partial charge in [-0.1, -0.05) is 0 Å². The highest BCUT2D eigenvalue weighted by Crippen LogP contribution is 2.48. The van der Waals surface area contributed by atoms with Gasteiger partial charge in [-0.25, -0.2) is 18.2 Å². The Balaban J connectivity index is 2.21. The summed E-state index contributed by atoms with van der Waals surface area (Å²) in [6.45, 7) is -0.272. The summed E-state index contributed by atoms with van der Waals surface area (Å²) >= 11 is 0.